The third-order valence-corrected chi connectivity index (χ3v) is 4.92. The van der Waals surface area contributed by atoms with Crippen molar-refractivity contribution in [1.82, 2.24) is 10.3 Å². The summed E-state index contributed by atoms with van der Waals surface area (Å²) in [6.07, 6.45) is 1.96. The molecule has 1 aromatic heterocycles. The van der Waals surface area contributed by atoms with Gasteiger partial charge in [0.15, 0.2) is 5.13 Å². The van der Waals surface area contributed by atoms with Crippen LogP contribution >= 0.6 is 11.3 Å². The Balaban J connectivity index is 1.46. The first kappa shape index (κ1) is 13.5. The third kappa shape index (κ3) is 3.00. The lowest BCUT2D eigenvalue weighted by Gasteiger charge is -2.01. The van der Waals surface area contributed by atoms with Gasteiger partial charge >= 0.3 is 0 Å². The SMILES string of the molecule is C[C@@H]1C[C@@H]1C(=O)NCc1csc(NC(=O)[C@@H]2C[C@@H]2C)n1. The highest BCUT2D eigenvalue weighted by Gasteiger charge is 2.40. The Morgan fingerprint density at radius 3 is 2.45 bits per heavy atom. The average Bonchev–Trinajstić information content (AvgIpc) is 3.27. The topological polar surface area (TPSA) is 71.1 Å². The van der Waals surface area contributed by atoms with Gasteiger partial charge in [-0.1, -0.05) is 13.8 Å². The van der Waals surface area contributed by atoms with Crippen LogP contribution < -0.4 is 10.6 Å². The number of carbonyl (C=O) groups excluding carboxylic acids is 2. The number of hydrogen-bond donors (Lipinski definition) is 2. The smallest absolute Gasteiger partial charge is 0.229 e. The minimum Gasteiger partial charge on any atom is -0.350 e. The van der Waals surface area contributed by atoms with Crippen molar-refractivity contribution in [3.8, 4) is 0 Å². The molecule has 2 aliphatic rings. The maximum Gasteiger partial charge on any atom is 0.229 e. The number of anilines is 1. The Labute approximate surface area is 122 Å². The van der Waals surface area contributed by atoms with E-state index in [1.807, 2.05) is 5.38 Å². The Morgan fingerprint density at radius 2 is 1.85 bits per heavy atom. The van der Waals surface area contributed by atoms with Crippen LogP contribution in [0.25, 0.3) is 0 Å². The van der Waals surface area contributed by atoms with Crippen LogP contribution in [0.15, 0.2) is 5.38 Å². The highest BCUT2D eigenvalue weighted by Crippen LogP contribution is 2.39. The second-order valence-electron chi connectivity index (χ2n) is 5.99. The molecule has 3 rings (SSSR count). The number of thiazole rings is 1. The molecule has 1 aromatic rings. The molecule has 1 heterocycles. The molecule has 108 valence electrons. The van der Waals surface area contributed by atoms with Gasteiger partial charge in [0.1, 0.15) is 0 Å². The van der Waals surface area contributed by atoms with Gasteiger partial charge in [0, 0.05) is 17.2 Å². The molecule has 4 atom stereocenters. The summed E-state index contributed by atoms with van der Waals surface area (Å²) in [6.45, 7) is 4.60. The van der Waals surface area contributed by atoms with Gasteiger partial charge in [-0.3, -0.25) is 9.59 Å². The molecule has 2 amide bonds. The summed E-state index contributed by atoms with van der Waals surface area (Å²) in [6, 6.07) is 0. The molecule has 5 nitrogen and oxygen atoms in total. The first-order valence-electron chi connectivity index (χ1n) is 7.07. The van der Waals surface area contributed by atoms with E-state index in [-0.39, 0.29) is 23.7 Å². The Morgan fingerprint density at radius 1 is 1.25 bits per heavy atom. The van der Waals surface area contributed by atoms with Gasteiger partial charge in [-0.25, -0.2) is 4.98 Å². The van der Waals surface area contributed by atoms with E-state index in [1.54, 1.807) is 0 Å². The van der Waals surface area contributed by atoms with Gasteiger partial charge in [0.25, 0.3) is 0 Å². The van der Waals surface area contributed by atoms with Crippen LogP contribution in [0.1, 0.15) is 32.4 Å². The summed E-state index contributed by atoms with van der Waals surface area (Å²) >= 11 is 1.41. The molecule has 0 bridgehead atoms. The highest BCUT2D eigenvalue weighted by molar-refractivity contribution is 7.13. The zero-order chi connectivity index (χ0) is 14.3. The van der Waals surface area contributed by atoms with Crippen molar-refractivity contribution in [2.45, 2.75) is 33.2 Å². The fraction of sp³-hybridized carbons (Fsp3) is 0.643. The van der Waals surface area contributed by atoms with Gasteiger partial charge in [-0.15, -0.1) is 11.3 Å². The number of amides is 2. The number of nitrogens with zero attached hydrogens (tertiary/aromatic N) is 1. The van der Waals surface area contributed by atoms with E-state index >= 15 is 0 Å². The Hall–Kier alpha value is -1.43. The molecule has 0 spiro atoms. The first-order chi connectivity index (χ1) is 9.54. The molecule has 0 aliphatic heterocycles. The predicted octanol–water partition coefficient (Wildman–Crippen LogP) is 2.01. The standard InChI is InChI=1S/C14H19N3O2S/c1-7-3-10(7)12(18)15-5-9-6-20-14(16-9)17-13(19)11-4-8(11)2/h6-8,10-11H,3-5H2,1-2H3,(H,15,18)(H,16,17,19)/t7-,8+,10+,11-/m1/s1. The fourth-order valence-corrected chi connectivity index (χ4v) is 3.04. The van der Waals surface area contributed by atoms with E-state index in [2.05, 4.69) is 29.5 Å². The van der Waals surface area contributed by atoms with Crippen LogP contribution in [0, 0.1) is 23.7 Å². The zero-order valence-electron chi connectivity index (χ0n) is 11.7. The van der Waals surface area contributed by atoms with Crippen molar-refractivity contribution in [2.75, 3.05) is 5.32 Å². The number of hydrogen-bond acceptors (Lipinski definition) is 4. The summed E-state index contributed by atoms with van der Waals surface area (Å²) in [7, 11) is 0. The molecular formula is C14H19N3O2S. The van der Waals surface area contributed by atoms with E-state index in [1.165, 1.54) is 11.3 Å². The van der Waals surface area contributed by atoms with Crippen molar-refractivity contribution < 1.29 is 9.59 Å². The Bertz CT molecular complexity index is 542. The minimum absolute atomic E-state index is 0.0641. The van der Waals surface area contributed by atoms with E-state index < -0.39 is 0 Å². The van der Waals surface area contributed by atoms with Crippen molar-refractivity contribution in [2.24, 2.45) is 23.7 Å². The van der Waals surface area contributed by atoms with Gasteiger partial charge in [-0.05, 0) is 24.7 Å². The van der Waals surface area contributed by atoms with E-state index in [4.69, 9.17) is 0 Å². The van der Waals surface area contributed by atoms with E-state index in [0.717, 1.165) is 18.5 Å². The quantitative estimate of drug-likeness (QED) is 0.872. The van der Waals surface area contributed by atoms with E-state index in [0.29, 0.717) is 23.5 Å². The van der Waals surface area contributed by atoms with Crippen LogP contribution in [0.3, 0.4) is 0 Å². The number of rotatable bonds is 5. The van der Waals surface area contributed by atoms with Crippen LogP contribution in [0.5, 0.6) is 0 Å². The summed E-state index contributed by atoms with van der Waals surface area (Å²) in [4.78, 5) is 27.8. The van der Waals surface area contributed by atoms with Gasteiger partial charge in [0.2, 0.25) is 11.8 Å². The molecular weight excluding hydrogens is 274 g/mol. The normalized spacial score (nSPS) is 30.7. The maximum absolute atomic E-state index is 11.8. The summed E-state index contributed by atoms with van der Waals surface area (Å²) in [5.41, 5.74) is 0.802. The second-order valence-corrected chi connectivity index (χ2v) is 6.85. The molecule has 6 heteroatoms. The lowest BCUT2D eigenvalue weighted by Crippen LogP contribution is -2.25. The van der Waals surface area contributed by atoms with Crippen LogP contribution in [0.4, 0.5) is 5.13 Å². The van der Waals surface area contributed by atoms with Crippen molar-refractivity contribution in [1.29, 1.82) is 0 Å². The Kier molecular flexibility index (Phi) is 3.50. The van der Waals surface area contributed by atoms with Crippen LogP contribution in [-0.4, -0.2) is 16.8 Å². The van der Waals surface area contributed by atoms with Gasteiger partial charge in [0.05, 0.1) is 12.2 Å². The first-order valence-corrected chi connectivity index (χ1v) is 7.95. The van der Waals surface area contributed by atoms with Crippen molar-refractivity contribution >= 4 is 28.3 Å². The summed E-state index contributed by atoms with van der Waals surface area (Å²) in [5, 5.41) is 8.23. The van der Waals surface area contributed by atoms with Crippen molar-refractivity contribution in [3.05, 3.63) is 11.1 Å². The van der Waals surface area contributed by atoms with E-state index in [9.17, 15) is 9.59 Å². The molecule has 0 aromatic carbocycles. The minimum atomic E-state index is 0.0641. The number of nitrogens with one attached hydrogen (secondary N) is 2. The third-order valence-electron chi connectivity index (χ3n) is 4.12. The molecule has 20 heavy (non-hydrogen) atoms. The molecule has 0 radical (unpaired) electrons. The monoisotopic (exact) mass is 293 g/mol. The second kappa shape index (κ2) is 5.16. The lowest BCUT2D eigenvalue weighted by molar-refractivity contribution is -0.122. The van der Waals surface area contributed by atoms with Gasteiger partial charge < -0.3 is 10.6 Å². The zero-order valence-corrected chi connectivity index (χ0v) is 12.5. The molecule has 0 saturated heterocycles. The summed E-state index contributed by atoms with van der Waals surface area (Å²) < 4.78 is 0. The molecule has 0 unspecified atom stereocenters. The van der Waals surface area contributed by atoms with Crippen molar-refractivity contribution in [3.63, 3.8) is 0 Å². The molecule has 2 N–H and O–H groups in total. The average molecular weight is 293 g/mol. The predicted molar refractivity (Wildman–Crippen MR) is 77.1 cm³/mol. The molecule has 2 aliphatic carbocycles. The number of carbonyl (C=O) groups is 2. The molecule has 2 fully saturated rings. The molecule has 2 saturated carbocycles. The highest BCUT2D eigenvalue weighted by atomic mass is 32.1. The fourth-order valence-electron chi connectivity index (χ4n) is 2.33. The largest absolute Gasteiger partial charge is 0.350 e. The van der Waals surface area contributed by atoms with Crippen LogP contribution in [-0.2, 0) is 16.1 Å². The number of aromatic nitrogens is 1. The summed E-state index contributed by atoms with van der Waals surface area (Å²) in [5.74, 6) is 1.52. The lowest BCUT2D eigenvalue weighted by atomic mass is 10.3. The van der Waals surface area contributed by atoms with Gasteiger partial charge in [-0.2, -0.15) is 0 Å². The van der Waals surface area contributed by atoms with Crippen LogP contribution in [0.2, 0.25) is 0 Å². The maximum atomic E-state index is 11.8.